The molecule has 4 heteroatoms. The molecule has 0 saturated carbocycles. The van der Waals surface area contributed by atoms with E-state index in [2.05, 4.69) is 0 Å². The number of rotatable bonds is 4. The van der Waals surface area contributed by atoms with Crippen LogP contribution in [0.15, 0.2) is 42.5 Å². The van der Waals surface area contributed by atoms with Crippen molar-refractivity contribution in [3.63, 3.8) is 0 Å². The minimum Gasteiger partial charge on any atom is -0.484 e. The first-order valence-electron chi connectivity index (χ1n) is 5.99. The van der Waals surface area contributed by atoms with E-state index in [0.717, 1.165) is 0 Å². The maximum absolute atomic E-state index is 13.7. The van der Waals surface area contributed by atoms with Crippen molar-refractivity contribution in [3.8, 4) is 5.75 Å². The van der Waals surface area contributed by atoms with Crippen molar-refractivity contribution in [2.75, 3.05) is 6.54 Å². The van der Waals surface area contributed by atoms with Gasteiger partial charge in [0.2, 0.25) is 0 Å². The lowest BCUT2D eigenvalue weighted by molar-refractivity contribution is 0.208. The van der Waals surface area contributed by atoms with Crippen molar-refractivity contribution in [1.82, 2.24) is 0 Å². The largest absolute Gasteiger partial charge is 0.484 e. The van der Waals surface area contributed by atoms with Crippen LogP contribution in [-0.2, 0) is 0 Å². The van der Waals surface area contributed by atoms with E-state index >= 15 is 0 Å². The lowest BCUT2D eigenvalue weighted by Gasteiger charge is -2.18. The van der Waals surface area contributed by atoms with Gasteiger partial charge in [-0.1, -0.05) is 18.2 Å². The van der Waals surface area contributed by atoms with Crippen molar-refractivity contribution in [2.24, 2.45) is 5.73 Å². The summed E-state index contributed by atoms with van der Waals surface area (Å²) in [6.45, 7) is 1.78. The fourth-order valence-corrected chi connectivity index (χ4v) is 1.83. The smallest absolute Gasteiger partial charge is 0.139 e. The normalized spacial score (nSPS) is 12.2. The highest BCUT2D eigenvalue weighted by atomic mass is 19.1. The van der Waals surface area contributed by atoms with Gasteiger partial charge in [-0.05, 0) is 36.8 Å². The van der Waals surface area contributed by atoms with Crippen LogP contribution in [0.5, 0.6) is 5.75 Å². The third-order valence-corrected chi connectivity index (χ3v) is 2.87. The molecule has 0 spiro atoms. The van der Waals surface area contributed by atoms with E-state index in [-0.39, 0.29) is 18.2 Å². The molecule has 2 rings (SSSR count). The molecule has 0 fully saturated rings. The van der Waals surface area contributed by atoms with E-state index < -0.39 is 6.10 Å². The summed E-state index contributed by atoms with van der Waals surface area (Å²) in [4.78, 5) is 0. The van der Waals surface area contributed by atoms with Crippen LogP contribution in [0.3, 0.4) is 0 Å². The summed E-state index contributed by atoms with van der Waals surface area (Å²) in [6.07, 6.45) is -0.592. The van der Waals surface area contributed by atoms with Crippen LogP contribution < -0.4 is 10.5 Å². The summed E-state index contributed by atoms with van der Waals surface area (Å²) in [6, 6.07) is 10.7. The minimum atomic E-state index is -0.592. The van der Waals surface area contributed by atoms with Crippen molar-refractivity contribution in [3.05, 3.63) is 65.2 Å². The lowest BCUT2D eigenvalue weighted by Crippen LogP contribution is -2.19. The number of aryl methyl sites for hydroxylation is 1. The number of hydrogen-bond acceptors (Lipinski definition) is 2. The number of benzene rings is 2. The molecular formula is C15H15F2NO. The van der Waals surface area contributed by atoms with E-state index in [1.807, 2.05) is 0 Å². The molecule has 0 aliphatic carbocycles. The van der Waals surface area contributed by atoms with E-state index in [1.165, 1.54) is 18.2 Å². The summed E-state index contributed by atoms with van der Waals surface area (Å²) >= 11 is 0. The standard InChI is InChI=1S/C15H15F2NO/c1-10-8-11(6-7-13(10)16)19-15(9-18)12-4-2-3-5-14(12)17/h2-8,15H,9,18H2,1H3. The number of halogens is 2. The second kappa shape index (κ2) is 5.80. The van der Waals surface area contributed by atoms with Gasteiger partial charge in [0.1, 0.15) is 23.5 Å². The van der Waals surface area contributed by atoms with Gasteiger partial charge in [-0.3, -0.25) is 0 Å². The molecular weight excluding hydrogens is 248 g/mol. The Morgan fingerprint density at radius 3 is 2.47 bits per heavy atom. The van der Waals surface area contributed by atoms with Crippen molar-refractivity contribution >= 4 is 0 Å². The van der Waals surface area contributed by atoms with E-state index in [4.69, 9.17) is 10.5 Å². The molecule has 1 atom stereocenters. The highest BCUT2D eigenvalue weighted by Crippen LogP contribution is 2.24. The van der Waals surface area contributed by atoms with Crippen molar-refractivity contribution in [1.29, 1.82) is 0 Å². The molecule has 0 aliphatic rings. The first-order valence-corrected chi connectivity index (χ1v) is 5.99. The second-order valence-electron chi connectivity index (χ2n) is 4.27. The molecule has 2 N–H and O–H groups in total. The topological polar surface area (TPSA) is 35.2 Å². The van der Waals surface area contributed by atoms with Crippen LogP contribution in [-0.4, -0.2) is 6.54 Å². The number of ether oxygens (including phenoxy) is 1. The Hall–Kier alpha value is -1.94. The van der Waals surface area contributed by atoms with Crippen LogP contribution >= 0.6 is 0 Å². The van der Waals surface area contributed by atoms with E-state index in [0.29, 0.717) is 16.9 Å². The molecule has 0 aliphatic heterocycles. The molecule has 0 radical (unpaired) electrons. The molecule has 0 bridgehead atoms. The summed E-state index contributed by atoms with van der Waals surface area (Å²) in [5, 5.41) is 0. The van der Waals surface area contributed by atoms with Crippen molar-refractivity contribution < 1.29 is 13.5 Å². The average molecular weight is 263 g/mol. The second-order valence-corrected chi connectivity index (χ2v) is 4.27. The molecule has 2 aromatic rings. The van der Waals surface area contributed by atoms with Gasteiger partial charge >= 0.3 is 0 Å². The molecule has 0 saturated heterocycles. The Balaban J connectivity index is 2.24. The summed E-state index contributed by atoms with van der Waals surface area (Å²) in [5.41, 5.74) is 6.49. The minimum absolute atomic E-state index is 0.136. The summed E-state index contributed by atoms with van der Waals surface area (Å²) in [7, 11) is 0. The van der Waals surface area contributed by atoms with Gasteiger partial charge in [-0.2, -0.15) is 0 Å². The molecule has 100 valence electrons. The van der Waals surface area contributed by atoms with Crippen LogP contribution in [0.4, 0.5) is 8.78 Å². The molecule has 2 aromatic carbocycles. The molecule has 0 aromatic heterocycles. The van der Waals surface area contributed by atoms with E-state index in [1.54, 1.807) is 31.2 Å². The van der Waals surface area contributed by atoms with E-state index in [9.17, 15) is 8.78 Å². The first-order chi connectivity index (χ1) is 9.11. The quantitative estimate of drug-likeness (QED) is 0.918. The van der Waals surface area contributed by atoms with Crippen LogP contribution in [0.1, 0.15) is 17.2 Å². The van der Waals surface area contributed by atoms with Gasteiger partial charge in [0.15, 0.2) is 0 Å². The van der Waals surface area contributed by atoms with Gasteiger partial charge in [0.25, 0.3) is 0 Å². The van der Waals surface area contributed by atoms with Gasteiger partial charge < -0.3 is 10.5 Å². The Labute approximate surface area is 110 Å². The Kier molecular flexibility index (Phi) is 4.12. The van der Waals surface area contributed by atoms with Crippen LogP contribution in [0, 0.1) is 18.6 Å². The molecule has 19 heavy (non-hydrogen) atoms. The fraction of sp³-hybridized carbons (Fsp3) is 0.200. The highest BCUT2D eigenvalue weighted by molar-refractivity contribution is 5.30. The maximum atomic E-state index is 13.7. The highest BCUT2D eigenvalue weighted by Gasteiger charge is 2.16. The summed E-state index contributed by atoms with van der Waals surface area (Å²) in [5.74, 6) is -0.197. The average Bonchev–Trinajstić information content (AvgIpc) is 2.41. The van der Waals surface area contributed by atoms with Gasteiger partial charge in [0.05, 0.1) is 0 Å². The SMILES string of the molecule is Cc1cc(OC(CN)c2ccccc2F)ccc1F. The van der Waals surface area contributed by atoms with Gasteiger partial charge in [-0.15, -0.1) is 0 Å². The van der Waals surface area contributed by atoms with Gasteiger partial charge in [0, 0.05) is 12.1 Å². The Morgan fingerprint density at radius 1 is 1.11 bits per heavy atom. The zero-order valence-electron chi connectivity index (χ0n) is 10.6. The lowest BCUT2D eigenvalue weighted by atomic mass is 10.1. The number of hydrogen-bond donors (Lipinski definition) is 1. The molecule has 0 heterocycles. The summed E-state index contributed by atoms with van der Waals surface area (Å²) < 4.78 is 32.5. The van der Waals surface area contributed by atoms with Gasteiger partial charge in [-0.25, -0.2) is 8.78 Å². The third kappa shape index (κ3) is 3.09. The maximum Gasteiger partial charge on any atom is 0.139 e. The zero-order chi connectivity index (χ0) is 13.8. The first kappa shape index (κ1) is 13.5. The monoisotopic (exact) mass is 263 g/mol. The zero-order valence-corrected chi connectivity index (χ0v) is 10.6. The Bertz CT molecular complexity index is 572. The Morgan fingerprint density at radius 2 is 1.84 bits per heavy atom. The van der Waals surface area contributed by atoms with Crippen molar-refractivity contribution in [2.45, 2.75) is 13.0 Å². The number of nitrogens with two attached hydrogens (primary N) is 1. The fourth-order valence-electron chi connectivity index (χ4n) is 1.83. The predicted molar refractivity (Wildman–Crippen MR) is 70.0 cm³/mol. The molecule has 1 unspecified atom stereocenters. The molecule has 0 amide bonds. The molecule has 2 nitrogen and oxygen atoms in total. The third-order valence-electron chi connectivity index (χ3n) is 2.87. The van der Waals surface area contributed by atoms with Crippen LogP contribution in [0.25, 0.3) is 0 Å². The predicted octanol–water partition coefficient (Wildman–Crippen LogP) is 3.35. The van der Waals surface area contributed by atoms with Crippen LogP contribution in [0.2, 0.25) is 0 Å².